The van der Waals surface area contributed by atoms with Gasteiger partial charge < -0.3 is 0 Å². The molecule has 0 saturated heterocycles. The fourth-order valence-electron chi connectivity index (χ4n) is 3.76. The zero-order valence-corrected chi connectivity index (χ0v) is 25.9. The first kappa shape index (κ1) is 31.9. The van der Waals surface area contributed by atoms with E-state index in [0.717, 1.165) is 11.1 Å². The first-order chi connectivity index (χ1) is 17.5. The molecule has 0 radical (unpaired) electrons. The van der Waals surface area contributed by atoms with Crippen LogP contribution in [0.1, 0.15) is 94.2 Å². The van der Waals surface area contributed by atoms with Gasteiger partial charge in [-0.2, -0.15) is 0 Å². The highest BCUT2D eigenvalue weighted by Gasteiger charge is 2.38. The molecule has 6 heteroatoms. The van der Waals surface area contributed by atoms with Gasteiger partial charge in [0.25, 0.3) is 0 Å². The lowest BCUT2D eigenvalue weighted by molar-refractivity contribution is -0.136. The molecule has 2 rings (SSSR count). The van der Waals surface area contributed by atoms with Crippen molar-refractivity contribution in [3.63, 3.8) is 0 Å². The van der Waals surface area contributed by atoms with Crippen molar-refractivity contribution in [3.05, 3.63) is 59.7 Å². The maximum absolute atomic E-state index is 13.2. The Balaban J connectivity index is 2.35. The SMILES string of the molecule is CC(C)(C)C(=O)N(C(=O)C(C)(C)C)c1ccc(Cc2ccc(N(C(=O)C(C)(C)C)C(=O)C(C)(C)C)cc2)cc1. The van der Waals surface area contributed by atoms with E-state index in [1.54, 1.807) is 0 Å². The van der Waals surface area contributed by atoms with Crippen LogP contribution in [0.15, 0.2) is 48.5 Å². The van der Waals surface area contributed by atoms with Crippen LogP contribution in [0.4, 0.5) is 11.4 Å². The van der Waals surface area contributed by atoms with Crippen molar-refractivity contribution >= 4 is 35.0 Å². The van der Waals surface area contributed by atoms with Crippen LogP contribution >= 0.6 is 0 Å². The first-order valence-corrected chi connectivity index (χ1v) is 13.5. The third kappa shape index (κ3) is 7.87. The predicted molar refractivity (Wildman–Crippen MR) is 158 cm³/mol. The minimum atomic E-state index is -0.710. The van der Waals surface area contributed by atoms with Gasteiger partial charge in [-0.1, -0.05) is 107 Å². The monoisotopic (exact) mass is 534 g/mol. The third-order valence-corrected chi connectivity index (χ3v) is 6.18. The first-order valence-electron chi connectivity index (χ1n) is 13.5. The highest BCUT2D eigenvalue weighted by Crippen LogP contribution is 2.31. The number of rotatable bonds is 4. The van der Waals surface area contributed by atoms with Gasteiger partial charge in [-0.3, -0.25) is 19.2 Å². The van der Waals surface area contributed by atoms with E-state index in [1.807, 2.05) is 132 Å². The minimum absolute atomic E-state index is 0.245. The molecule has 39 heavy (non-hydrogen) atoms. The van der Waals surface area contributed by atoms with Gasteiger partial charge in [0.05, 0.1) is 11.4 Å². The van der Waals surface area contributed by atoms with E-state index in [0.29, 0.717) is 17.8 Å². The van der Waals surface area contributed by atoms with E-state index in [2.05, 4.69) is 0 Å². The normalized spacial score (nSPS) is 12.6. The zero-order chi connectivity index (χ0) is 30.1. The van der Waals surface area contributed by atoms with Crippen LogP contribution in [0.5, 0.6) is 0 Å². The maximum atomic E-state index is 13.2. The van der Waals surface area contributed by atoms with E-state index in [9.17, 15) is 19.2 Å². The molecule has 0 saturated carbocycles. The lowest BCUT2D eigenvalue weighted by Gasteiger charge is -2.32. The van der Waals surface area contributed by atoms with E-state index >= 15 is 0 Å². The minimum Gasteiger partial charge on any atom is -0.273 e. The molecule has 0 aromatic heterocycles. The summed E-state index contributed by atoms with van der Waals surface area (Å²) in [6.07, 6.45) is 0.613. The molecule has 0 unspecified atom stereocenters. The number of carbonyl (C=O) groups excluding carboxylic acids is 4. The topological polar surface area (TPSA) is 74.8 Å². The number of nitrogens with zero attached hydrogens (tertiary/aromatic N) is 2. The van der Waals surface area contributed by atoms with Crippen molar-refractivity contribution in [2.45, 2.75) is 89.5 Å². The van der Waals surface area contributed by atoms with Crippen LogP contribution in [-0.4, -0.2) is 23.6 Å². The number of carbonyl (C=O) groups is 4. The Morgan fingerprint density at radius 2 is 0.641 bits per heavy atom. The number of amides is 4. The van der Waals surface area contributed by atoms with Crippen molar-refractivity contribution in [1.82, 2.24) is 0 Å². The van der Waals surface area contributed by atoms with Crippen LogP contribution < -0.4 is 9.80 Å². The van der Waals surface area contributed by atoms with E-state index < -0.39 is 21.7 Å². The van der Waals surface area contributed by atoms with Gasteiger partial charge >= 0.3 is 0 Å². The van der Waals surface area contributed by atoms with Crippen molar-refractivity contribution in [2.75, 3.05) is 9.80 Å². The van der Waals surface area contributed by atoms with Gasteiger partial charge in [0.15, 0.2) is 0 Å². The molecule has 0 aliphatic heterocycles. The van der Waals surface area contributed by atoms with Crippen LogP contribution in [0.25, 0.3) is 0 Å². The van der Waals surface area contributed by atoms with Crippen molar-refractivity contribution in [2.24, 2.45) is 21.7 Å². The second-order valence-corrected chi connectivity index (χ2v) is 14.4. The average molecular weight is 535 g/mol. The van der Waals surface area contributed by atoms with Crippen LogP contribution in [-0.2, 0) is 25.6 Å². The van der Waals surface area contributed by atoms with E-state index in [-0.39, 0.29) is 23.6 Å². The summed E-state index contributed by atoms with van der Waals surface area (Å²) < 4.78 is 0. The second-order valence-electron chi connectivity index (χ2n) is 14.4. The summed E-state index contributed by atoms with van der Waals surface area (Å²) in [4.78, 5) is 55.4. The van der Waals surface area contributed by atoms with Crippen molar-refractivity contribution in [1.29, 1.82) is 0 Å². The molecule has 212 valence electrons. The Hall–Kier alpha value is -3.28. The van der Waals surface area contributed by atoms with Crippen molar-refractivity contribution in [3.8, 4) is 0 Å². The molecule has 2 aromatic rings. The maximum Gasteiger partial charge on any atom is 0.239 e. The number of hydrogen-bond donors (Lipinski definition) is 0. The van der Waals surface area contributed by atoms with Gasteiger partial charge in [0.2, 0.25) is 23.6 Å². The fourth-order valence-corrected chi connectivity index (χ4v) is 3.76. The Kier molecular flexibility index (Phi) is 9.06. The molecule has 4 amide bonds. The van der Waals surface area contributed by atoms with Gasteiger partial charge in [0, 0.05) is 21.7 Å². The second kappa shape index (κ2) is 11.1. The van der Waals surface area contributed by atoms with Crippen LogP contribution in [0.2, 0.25) is 0 Å². The summed E-state index contributed by atoms with van der Waals surface area (Å²) in [5.74, 6) is -0.982. The molecule has 2 aromatic carbocycles. The summed E-state index contributed by atoms with van der Waals surface area (Å²) in [6.45, 7) is 21.7. The van der Waals surface area contributed by atoms with E-state index in [4.69, 9.17) is 0 Å². The summed E-state index contributed by atoms with van der Waals surface area (Å²) in [7, 11) is 0. The number of imide groups is 2. The zero-order valence-electron chi connectivity index (χ0n) is 25.9. The van der Waals surface area contributed by atoms with Crippen molar-refractivity contribution < 1.29 is 19.2 Å². The highest BCUT2D eigenvalue weighted by molar-refractivity contribution is 6.18. The molecule has 0 atom stereocenters. The summed E-state index contributed by atoms with van der Waals surface area (Å²) >= 11 is 0. The summed E-state index contributed by atoms with van der Waals surface area (Å²) in [6, 6.07) is 14.9. The van der Waals surface area contributed by atoms with Crippen LogP contribution in [0, 0.1) is 21.7 Å². The smallest absolute Gasteiger partial charge is 0.239 e. The lowest BCUT2D eigenvalue weighted by atomic mass is 9.90. The Labute approximate surface area is 234 Å². The van der Waals surface area contributed by atoms with E-state index in [1.165, 1.54) is 9.80 Å². The molecule has 0 aliphatic carbocycles. The van der Waals surface area contributed by atoms with Crippen LogP contribution in [0.3, 0.4) is 0 Å². The fraction of sp³-hybridized carbons (Fsp3) is 0.515. The molecule has 0 aliphatic rings. The quantitative estimate of drug-likeness (QED) is 0.416. The van der Waals surface area contributed by atoms with Gasteiger partial charge in [-0.05, 0) is 41.8 Å². The molecule has 0 spiro atoms. The van der Waals surface area contributed by atoms with Gasteiger partial charge in [-0.25, -0.2) is 9.80 Å². The highest BCUT2D eigenvalue weighted by atomic mass is 16.2. The largest absolute Gasteiger partial charge is 0.273 e. The summed E-state index contributed by atoms with van der Waals surface area (Å²) in [5.41, 5.74) is 0.265. The van der Waals surface area contributed by atoms with Gasteiger partial charge in [-0.15, -0.1) is 0 Å². The molecular weight excluding hydrogens is 488 g/mol. The number of hydrogen-bond acceptors (Lipinski definition) is 4. The molecule has 0 fully saturated rings. The predicted octanol–water partition coefficient (Wildman–Crippen LogP) is 7.18. The number of anilines is 2. The summed E-state index contributed by atoms with van der Waals surface area (Å²) in [5, 5.41) is 0. The molecule has 6 nitrogen and oxygen atoms in total. The number of benzene rings is 2. The average Bonchev–Trinajstić information content (AvgIpc) is 2.79. The molecular formula is C33H46N2O4. The third-order valence-electron chi connectivity index (χ3n) is 6.18. The Bertz CT molecular complexity index is 1060. The standard InChI is InChI=1S/C33H46N2O4/c1-30(2,3)26(36)34(27(37)31(4,5)6)24-17-13-22(14-18-24)21-23-15-19-25(20-16-23)35(28(38)32(7,8)9)29(39)33(10,11)12/h13-20H,21H2,1-12H3. The van der Waals surface area contributed by atoms with Gasteiger partial charge in [0.1, 0.15) is 0 Å². The Morgan fingerprint density at radius 1 is 0.436 bits per heavy atom. The Morgan fingerprint density at radius 3 is 0.821 bits per heavy atom. The lowest BCUT2D eigenvalue weighted by Crippen LogP contribution is -2.48. The molecule has 0 N–H and O–H groups in total. The molecule has 0 heterocycles. The molecule has 0 bridgehead atoms.